The third kappa shape index (κ3) is 4.57. The van der Waals surface area contributed by atoms with Crippen LogP contribution in [0.1, 0.15) is 104 Å². The van der Waals surface area contributed by atoms with E-state index in [0.29, 0.717) is 23.0 Å². The lowest BCUT2D eigenvalue weighted by Gasteiger charge is -2.42. The number of phenols is 4. The molecule has 0 aliphatic heterocycles. The fraction of sp³-hybridized carbons (Fsp3) is 0.140. The van der Waals surface area contributed by atoms with Gasteiger partial charge in [-0.3, -0.25) is 0 Å². The monoisotopic (exact) mass is 630 g/mol. The minimum Gasteiger partial charge on any atom is -0.508 e. The van der Waals surface area contributed by atoms with E-state index in [4.69, 9.17) is 0 Å². The smallest absolute Gasteiger partial charge is 0.126 e. The molecule has 0 amide bonds. The highest BCUT2D eigenvalue weighted by molar-refractivity contribution is 5.72. The molecule has 48 heavy (non-hydrogen) atoms. The lowest BCUT2D eigenvalue weighted by molar-refractivity contribution is -0.115. The molecule has 0 aromatic heterocycles. The molecule has 0 spiro atoms. The molecule has 5 nitrogen and oxygen atoms in total. The predicted octanol–water partition coefficient (Wildman–Crippen LogP) is 8.77. The molecule has 12 rings (SSSR count). The number of hydrogen-bond acceptors (Lipinski definition) is 5. The second-order valence-electron chi connectivity index (χ2n) is 13.2. The fourth-order valence-electron chi connectivity index (χ4n) is 8.38. The van der Waals surface area contributed by atoms with Crippen LogP contribution in [0.5, 0.6) is 23.0 Å². The van der Waals surface area contributed by atoms with Gasteiger partial charge in [0.15, 0.2) is 0 Å². The van der Waals surface area contributed by atoms with E-state index in [1.165, 1.54) is 58.4 Å². The van der Waals surface area contributed by atoms with Crippen molar-refractivity contribution < 1.29 is 25.2 Å². The van der Waals surface area contributed by atoms with Gasteiger partial charge in [0.05, 0.1) is 0 Å². The molecule has 0 heterocycles. The number of hydrogen-bond donors (Lipinski definition) is 4. The maximum absolute atomic E-state index is 9.92. The van der Waals surface area contributed by atoms with Gasteiger partial charge in [0.1, 0.15) is 28.8 Å². The second-order valence-corrected chi connectivity index (χ2v) is 13.2. The van der Waals surface area contributed by atoms with Gasteiger partial charge in [-0.1, -0.05) is 72.8 Å². The molecule has 5 heteroatoms. The number of rotatable bonds is 0. The fourth-order valence-corrected chi connectivity index (χ4v) is 8.38. The number of carbonyl (C=O) groups is 1. The molecule has 0 atom stereocenters. The van der Waals surface area contributed by atoms with Gasteiger partial charge in [0.2, 0.25) is 0 Å². The maximum Gasteiger partial charge on any atom is 0.126 e. The first-order chi connectivity index (χ1) is 23.2. The SMILES string of the molecule is CC(C)=O.Oc1ccc2c(c1)C1c3ccccc3C2c2ccc(O)cc21.Oc1ccc2c(c1)C1c3ccccc3C2c2ccc(O)cc21. The summed E-state index contributed by atoms with van der Waals surface area (Å²) < 4.78 is 0. The third-order valence-electron chi connectivity index (χ3n) is 10.0. The van der Waals surface area contributed by atoms with Crippen molar-refractivity contribution in [2.24, 2.45) is 0 Å². The number of aromatic hydroxyl groups is 4. The van der Waals surface area contributed by atoms with Crippen LogP contribution in [0.4, 0.5) is 0 Å². The zero-order chi connectivity index (χ0) is 33.3. The summed E-state index contributed by atoms with van der Waals surface area (Å²) in [6.07, 6.45) is 0. The molecule has 6 aromatic carbocycles. The molecule has 0 saturated carbocycles. The molecule has 4 bridgehead atoms. The second kappa shape index (κ2) is 11.2. The third-order valence-corrected chi connectivity index (χ3v) is 10.0. The molecule has 0 saturated heterocycles. The Morgan fingerprint density at radius 3 is 0.771 bits per heavy atom. The summed E-state index contributed by atoms with van der Waals surface area (Å²) in [5, 5.41) is 39.7. The summed E-state index contributed by atoms with van der Waals surface area (Å²) in [6, 6.07) is 39.7. The van der Waals surface area contributed by atoms with Crippen molar-refractivity contribution in [3.63, 3.8) is 0 Å². The lowest BCUT2D eigenvalue weighted by atomic mass is 9.61. The van der Waals surface area contributed by atoms with Gasteiger partial charge in [-0.2, -0.15) is 0 Å². The van der Waals surface area contributed by atoms with Crippen LogP contribution in [0.25, 0.3) is 0 Å². The zero-order valence-corrected chi connectivity index (χ0v) is 26.6. The van der Waals surface area contributed by atoms with Crippen molar-refractivity contribution in [3.05, 3.63) is 188 Å². The summed E-state index contributed by atoms with van der Waals surface area (Å²) >= 11 is 0. The molecular formula is C43H34O5. The van der Waals surface area contributed by atoms with Gasteiger partial charge in [0.25, 0.3) is 0 Å². The van der Waals surface area contributed by atoms with Crippen molar-refractivity contribution in [2.75, 3.05) is 0 Å². The highest BCUT2D eigenvalue weighted by Gasteiger charge is 2.42. The zero-order valence-electron chi connectivity index (χ0n) is 26.6. The summed E-state index contributed by atoms with van der Waals surface area (Å²) in [7, 11) is 0. The summed E-state index contributed by atoms with van der Waals surface area (Å²) in [5.74, 6) is 1.91. The normalized spacial score (nSPS) is 19.0. The van der Waals surface area contributed by atoms with Crippen LogP contribution in [0, 0.1) is 0 Å². The van der Waals surface area contributed by atoms with Crippen molar-refractivity contribution in [3.8, 4) is 23.0 Å². The van der Waals surface area contributed by atoms with Gasteiger partial charge in [0, 0.05) is 23.7 Å². The van der Waals surface area contributed by atoms with E-state index in [9.17, 15) is 25.2 Å². The number of Topliss-reactive ketones (excluding diaryl/α,β-unsaturated/α-hetero) is 1. The Hall–Kier alpha value is -5.81. The minimum absolute atomic E-state index is 0.0883. The van der Waals surface area contributed by atoms with Crippen molar-refractivity contribution in [1.82, 2.24) is 0 Å². The Morgan fingerprint density at radius 2 is 0.542 bits per heavy atom. The van der Waals surface area contributed by atoms with Crippen molar-refractivity contribution in [2.45, 2.75) is 37.5 Å². The predicted molar refractivity (Wildman–Crippen MR) is 185 cm³/mol. The largest absolute Gasteiger partial charge is 0.508 e. The molecule has 236 valence electrons. The standard InChI is InChI=1S/2C20H14O2.C3H6O/c2*21-11-5-7-15-17(9-11)20-14-4-2-1-3-13(14)19(15)16-8-6-12(22)10-18(16)20;1-3(2)4/h2*1-10,19-22H;1-2H3. The van der Waals surface area contributed by atoms with Crippen molar-refractivity contribution >= 4 is 5.78 Å². The summed E-state index contributed by atoms with van der Waals surface area (Å²) in [4.78, 5) is 9.44. The molecule has 6 aliphatic carbocycles. The van der Waals surface area contributed by atoms with Crippen LogP contribution < -0.4 is 0 Å². The molecule has 0 fully saturated rings. The topological polar surface area (TPSA) is 98.0 Å². The molecule has 0 radical (unpaired) electrons. The van der Waals surface area contributed by atoms with Crippen molar-refractivity contribution in [1.29, 1.82) is 0 Å². The minimum atomic E-state index is 0.0883. The van der Waals surface area contributed by atoms with E-state index in [1.54, 1.807) is 24.3 Å². The van der Waals surface area contributed by atoms with Gasteiger partial charge in [-0.05, 0) is 129 Å². The van der Waals surface area contributed by atoms with E-state index < -0.39 is 0 Å². The number of benzene rings is 6. The number of ketones is 1. The number of carbonyl (C=O) groups excluding carboxylic acids is 1. The van der Waals surface area contributed by atoms with Gasteiger partial charge in [-0.15, -0.1) is 0 Å². The van der Waals surface area contributed by atoms with Crippen LogP contribution >= 0.6 is 0 Å². The summed E-state index contributed by atoms with van der Waals surface area (Å²) in [5.41, 5.74) is 14.9. The highest BCUT2D eigenvalue weighted by atomic mass is 16.3. The lowest BCUT2D eigenvalue weighted by Crippen LogP contribution is -2.27. The Kier molecular flexibility index (Phi) is 6.88. The van der Waals surface area contributed by atoms with E-state index in [-0.39, 0.29) is 29.5 Å². The highest BCUT2D eigenvalue weighted by Crippen LogP contribution is 2.58. The van der Waals surface area contributed by atoms with Crippen LogP contribution in [0.2, 0.25) is 0 Å². The van der Waals surface area contributed by atoms with E-state index in [0.717, 1.165) is 22.3 Å². The van der Waals surface area contributed by atoms with E-state index in [1.807, 2.05) is 48.5 Å². The first kappa shape index (κ1) is 29.6. The average Bonchev–Trinajstić information content (AvgIpc) is 3.07. The molecule has 0 unspecified atom stereocenters. The van der Waals surface area contributed by atoms with E-state index >= 15 is 0 Å². The Labute approximate surface area is 279 Å². The Morgan fingerprint density at radius 1 is 0.354 bits per heavy atom. The molecule has 6 aliphatic rings. The van der Waals surface area contributed by atoms with Crippen LogP contribution in [-0.2, 0) is 4.79 Å². The van der Waals surface area contributed by atoms with Crippen LogP contribution in [0.15, 0.2) is 121 Å². The van der Waals surface area contributed by atoms with Gasteiger partial charge < -0.3 is 25.2 Å². The first-order valence-corrected chi connectivity index (χ1v) is 16.2. The Bertz CT molecular complexity index is 2000. The molecular weight excluding hydrogens is 596 g/mol. The Balaban J connectivity index is 0.000000126. The first-order valence-electron chi connectivity index (χ1n) is 16.2. The van der Waals surface area contributed by atoms with Gasteiger partial charge >= 0.3 is 0 Å². The number of phenolic OH excluding ortho intramolecular Hbond substituents is 4. The maximum atomic E-state index is 9.92. The molecule has 6 aromatic rings. The molecule has 4 N–H and O–H groups in total. The van der Waals surface area contributed by atoms with Crippen LogP contribution in [-0.4, -0.2) is 26.2 Å². The van der Waals surface area contributed by atoms with Crippen LogP contribution in [0.3, 0.4) is 0 Å². The average molecular weight is 631 g/mol. The quantitative estimate of drug-likeness (QED) is 0.134. The van der Waals surface area contributed by atoms with Gasteiger partial charge in [-0.25, -0.2) is 0 Å². The summed E-state index contributed by atoms with van der Waals surface area (Å²) in [6.45, 7) is 3.06. The van der Waals surface area contributed by atoms with E-state index in [2.05, 4.69) is 48.5 Å².